The molecule has 0 saturated heterocycles. The van der Waals surface area contributed by atoms with Crippen molar-refractivity contribution in [2.24, 2.45) is 0 Å². The van der Waals surface area contributed by atoms with Gasteiger partial charge in [-0.1, -0.05) is 29.2 Å². The molecule has 0 aliphatic heterocycles. The van der Waals surface area contributed by atoms with Gasteiger partial charge >= 0.3 is 0 Å². The van der Waals surface area contributed by atoms with Crippen LogP contribution in [0.3, 0.4) is 0 Å². The van der Waals surface area contributed by atoms with Crippen LogP contribution in [0.25, 0.3) is 0 Å². The van der Waals surface area contributed by atoms with E-state index < -0.39 is 0 Å². The third-order valence-corrected chi connectivity index (χ3v) is 4.20. The maximum absolute atomic E-state index is 12.0. The number of amides is 1. The zero-order valence-corrected chi connectivity index (χ0v) is 12.0. The van der Waals surface area contributed by atoms with Gasteiger partial charge in [0, 0.05) is 11.3 Å². The minimum absolute atomic E-state index is 0.272. The van der Waals surface area contributed by atoms with Crippen LogP contribution in [0.1, 0.15) is 15.9 Å². The summed E-state index contributed by atoms with van der Waals surface area (Å²) in [4.78, 5) is 12.0. The van der Waals surface area contributed by atoms with E-state index in [1.807, 2.05) is 6.07 Å². The van der Waals surface area contributed by atoms with E-state index in [1.54, 1.807) is 30.3 Å². The highest BCUT2D eigenvalue weighted by Crippen LogP contribution is 2.25. The number of carbonyl (C=O) groups excluding carboxylic acids is 1. The summed E-state index contributed by atoms with van der Waals surface area (Å²) < 4.78 is 0.778. The number of nitrogens with zero attached hydrogens (tertiary/aromatic N) is 3. The first-order chi connectivity index (χ1) is 9.72. The minimum atomic E-state index is -0.272. The molecule has 0 unspecified atom stereocenters. The predicted molar refractivity (Wildman–Crippen MR) is 79.9 cm³/mol. The van der Waals surface area contributed by atoms with E-state index in [0.29, 0.717) is 16.3 Å². The van der Waals surface area contributed by atoms with Gasteiger partial charge in [0.25, 0.3) is 5.91 Å². The van der Waals surface area contributed by atoms with Crippen LogP contribution in [0.2, 0.25) is 0 Å². The second-order valence-electron chi connectivity index (χ2n) is 3.62. The number of nitriles is 1. The Kier molecular flexibility index (Phi) is 4.87. The molecule has 1 amide bonds. The number of nitrogens with one attached hydrogen (secondary N) is 1. The highest BCUT2D eigenvalue weighted by Gasteiger charge is 2.10. The van der Waals surface area contributed by atoms with Crippen LogP contribution in [0, 0.1) is 11.3 Å². The van der Waals surface area contributed by atoms with Crippen LogP contribution in [0.5, 0.6) is 0 Å². The van der Waals surface area contributed by atoms with Gasteiger partial charge in [0.2, 0.25) is 5.13 Å². The van der Waals surface area contributed by atoms with Gasteiger partial charge in [-0.2, -0.15) is 5.26 Å². The maximum atomic E-state index is 12.0. The minimum Gasteiger partial charge on any atom is -0.296 e. The Morgan fingerprint density at radius 1 is 1.45 bits per heavy atom. The molecule has 0 radical (unpaired) electrons. The molecule has 0 aliphatic carbocycles. The highest BCUT2D eigenvalue weighted by molar-refractivity contribution is 8.01. The molecule has 100 valence electrons. The third-order valence-electron chi connectivity index (χ3n) is 2.23. The van der Waals surface area contributed by atoms with Crippen molar-refractivity contribution >= 4 is 34.1 Å². The van der Waals surface area contributed by atoms with Crippen molar-refractivity contribution in [3.63, 3.8) is 0 Å². The van der Waals surface area contributed by atoms with Crippen molar-refractivity contribution < 1.29 is 4.79 Å². The number of rotatable bonds is 5. The van der Waals surface area contributed by atoms with E-state index in [2.05, 4.69) is 22.1 Å². The fraction of sp³-hybridized carbons (Fsp3) is 0.0769. The summed E-state index contributed by atoms with van der Waals surface area (Å²) in [5.41, 5.74) is 0.986. The second kappa shape index (κ2) is 6.84. The standard InChI is InChI=1S/C13H10N4OS2/c1-2-7-19-13-17-16-12(20-13)15-11(18)10-5-3-9(8-14)4-6-10/h2-6H,1,7H2,(H,15,16,18). The molecule has 1 aromatic heterocycles. The zero-order chi connectivity index (χ0) is 14.4. The molecule has 0 atom stereocenters. The quantitative estimate of drug-likeness (QED) is 0.522. The van der Waals surface area contributed by atoms with Crippen molar-refractivity contribution in [1.82, 2.24) is 10.2 Å². The van der Waals surface area contributed by atoms with Crippen LogP contribution in [0.15, 0.2) is 41.3 Å². The van der Waals surface area contributed by atoms with E-state index in [4.69, 9.17) is 5.26 Å². The topological polar surface area (TPSA) is 78.7 Å². The summed E-state index contributed by atoms with van der Waals surface area (Å²) in [6.07, 6.45) is 1.78. The first-order valence-corrected chi connectivity index (χ1v) is 7.42. The van der Waals surface area contributed by atoms with Gasteiger partial charge in [0.15, 0.2) is 4.34 Å². The van der Waals surface area contributed by atoms with Gasteiger partial charge in [0.05, 0.1) is 11.6 Å². The molecule has 1 N–H and O–H groups in total. The molecule has 2 rings (SSSR count). The smallest absolute Gasteiger partial charge is 0.257 e. The molecule has 1 heterocycles. The molecule has 1 aromatic carbocycles. The fourth-order valence-corrected chi connectivity index (χ4v) is 2.82. The van der Waals surface area contributed by atoms with E-state index >= 15 is 0 Å². The fourth-order valence-electron chi connectivity index (χ4n) is 1.31. The Labute approximate surface area is 124 Å². The van der Waals surface area contributed by atoms with Crippen LogP contribution < -0.4 is 5.32 Å². The summed E-state index contributed by atoms with van der Waals surface area (Å²) in [6, 6.07) is 8.40. The lowest BCUT2D eigenvalue weighted by atomic mass is 10.1. The Morgan fingerprint density at radius 2 is 2.20 bits per heavy atom. The maximum Gasteiger partial charge on any atom is 0.257 e. The molecule has 0 aliphatic rings. The molecule has 5 nitrogen and oxygen atoms in total. The molecule has 0 fully saturated rings. The molecular weight excluding hydrogens is 292 g/mol. The van der Waals surface area contributed by atoms with E-state index in [0.717, 1.165) is 10.1 Å². The first-order valence-electron chi connectivity index (χ1n) is 5.61. The van der Waals surface area contributed by atoms with E-state index in [-0.39, 0.29) is 5.91 Å². The number of thioether (sulfide) groups is 1. The van der Waals surface area contributed by atoms with E-state index in [1.165, 1.54) is 23.1 Å². The summed E-state index contributed by atoms with van der Waals surface area (Å²) in [5, 5.41) is 19.7. The van der Waals surface area contributed by atoms with Crippen LogP contribution in [-0.4, -0.2) is 21.9 Å². The van der Waals surface area contributed by atoms with Crippen molar-refractivity contribution in [1.29, 1.82) is 5.26 Å². The number of benzene rings is 1. The Balaban J connectivity index is 2.01. The van der Waals surface area contributed by atoms with Gasteiger partial charge in [-0.3, -0.25) is 10.1 Å². The SMILES string of the molecule is C=CCSc1nnc(NC(=O)c2ccc(C#N)cc2)s1. The zero-order valence-electron chi connectivity index (χ0n) is 10.4. The van der Waals surface area contributed by atoms with E-state index in [9.17, 15) is 4.79 Å². The molecule has 7 heteroatoms. The van der Waals surface area contributed by atoms with Gasteiger partial charge < -0.3 is 0 Å². The van der Waals surface area contributed by atoms with Gasteiger partial charge in [-0.15, -0.1) is 16.8 Å². The Hall–Kier alpha value is -2.17. The van der Waals surface area contributed by atoms with Gasteiger partial charge in [-0.05, 0) is 24.3 Å². The third kappa shape index (κ3) is 3.66. The Bertz CT molecular complexity index is 658. The molecule has 2 aromatic rings. The number of hydrogen-bond acceptors (Lipinski definition) is 6. The van der Waals surface area contributed by atoms with Crippen LogP contribution in [0.4, 0.5) is 5.13 Å². The van der Waals surface area contributed by atoms with Crippen molar-refractivity contribution in [2.45, 2.75) is 4.34 Å². The van der Waals surface area contributed by atoms with Crippen LogP contribution >= 0.6 is 23.1 Å². The molecule has 0 bridgehead atoms. The summed E-state index contributed by atoms with van der Waals surface area (Å²) in [5.74, 6) is 0.476. The number of anilines is 1. The molecular formula is C13H10N4OS2. The highest BCUT2D eigenvalue weighted by atomic mass is 32.2. The number of carbonyl (C=O) groups is 1. The number of aromatic nitrogens is 2. The lowest BCUT2D eigenvalue weighted by Gasteiger charge is -2.00. The van der Waals surface area contributed by atoms with Crippen molar-refractivity contribution in [3.8, 4) is 6.07 Å². The van der Waals surface area contributed by atoms with Crippen molar-refractivity contribution in [2.75, 3.05) is 11.1 Å². The molecule has 0 spiro atoms. The normalized spacial score (nSPS) is 9.75. The number of hydrogen-bond donors (Lipinski definition) is 1. The molecule has 0 saturated carbocycles. The van der Waals surface area contributed by atoms with Crippen molar-refractivity contribution in [3.05, 3.63) is 48.0 Å². The summed E-state index contributed by atoms with van der Waals surface area (Å²) in [6.45, 7) is 3.63. The lowest BCUT2D eigenvalue weighted by Crippen LogP contribution is -2.11. The largest absolute Gasteiger partial charge is 0.296 e. The Morgan fingerprint density at radius 3 is 2.85 bits per heavy atom. The predicted octanol–water partition coefficient (Wildman–Crippen LogP) is 2.94. The van der Waals surface area contributed by atoms with Gasteiger partial charge in [-0.25, -0.2) is 0 Å². The first kappa shape index (κ1) is 14.2. The monoisotopic (exact) mass is 302 g/mol. The average Bonchev–Trinajstić information content (AvgIpc) is 2.92. The van der Waals surface area contributed by atoms with Gasteiger partial charge in [0.1, 0.15) is 0 Å². The average molecular weight is 302 g/mol. The lowest BCUT2D eigenvalue weighted by molar-refractivity contribution is 0.102. The second-order valence-corrected chi connectivity index (χ2v) is 5.86. The summed E-state index contributed by atoms with van der Waals surface area (Å²) >= 11 is 2.82. The summed E-state index contributed by atoms with van der Waals surface area (Å²) in [7, 11) is 0. The van der Waals surface area contributed by atoms with Crippen LogP contribution in [-0.2, 0) is 0 Å². The molecule has 20 heavy (non-hydrogen) atoms.